The van der Waals surface area contributed by atoms with Crippen LogP contribution in [0.4, 0.5) is 5.69 Å². The number of hydrogen-bond acceptors (Lipinski definition) is 2. The molecule has 0 saturated heterocycles. The molecule has 0 radical (unpaired) electrons. The molecule has 2 N–H and O–H groups in total. The fourth-order valence-electron chi connectivity index (χ4n) is 2.31. The molecule has 1 aliphatic carbocycles. The van der Waals surface area contributed by atoms with Crippen LogP contribution in [0.5, 0.6) is 0 Å². The highest BCUT2D eigenvalue weighted by molar-refractivity contribution is 5.80. The second kappa shape index (κ2) is 3.24. The van der Waals surface area contributed by atoms with Gasteiger partial charge < -0.3 is 10.3 Å². The monoisotopic (exact) mass is 215 g/mol. The lowest BCUT2D eigenvalue weighted by molar-refractivity contribution is 0.585. The lowest BCUT2D eigenvalue weighted by Crippen LogP contribution is -2.05. The van der Waals surface area contributed by atoms with Crippen molar-refractivity contribution in [2.75, 3.05) is 5.73 Å². The third kappa shape index (κ3) is 1.39. The molecular weight excluding hydrogens is 198 g/mol. The van der Waals surface area contributed by atoms with Gasteiger partial charge in [-0.2, -0.15) is 0 Å². The number of nitrogens with zero attached hydrogens (tertiary/aromatic N) is 2. The van der Waals surface area contributed by atoms with E-state index in [4.69, 9.17) is 10.7 Å². The van der Waals surface area contributed by atoms with Crippen molar-refractivity contribution in [2.24, 2.45) is 0 Å². The Kier molecular flexibility index (Phi) is 1.96. The van der Waals surface area contributed by atoms with Gasteiger partial charge in [0.25, 0.3) is 0 Å². The average molecular weight is 215 g/mol. The fourth-order valence-corrected chi connectivity index (χ4v) is 2.31. The molecule has 3 nitrogen and oxygen atoms in total. The minimum Gasteiger partial charge on any atom is -0.399 e. The van der Waals surface area contributed by atoms with E-state index in [0.29, 0.717) is 12.0 Å². The molecule has 0 aliphatic heterocycles. The smallest absolute Gasteiger partial charge is 0.113 e. The van der Waals surface area contributed by atoms with Gasteiger partial charge in [0.2, 0.25) is 0 Å². The average Bonchev–Trinajstić information content (AvgIpc) is 2.99. The van der Waals surface area contributed by atoms with Crippen LogP contribution in [-0.4, -0.2) is 9.55 Å². The fraction of sp³-hybridized carbons (Fsp3) is 0.462. The van der Waals surface area contributed by atoms with Gasteiger partial charge in [0.1, 0.15) is 5.82 Å². The second-order valence-electron chi connectivity index (χ2n) is 4.96. The number of aromatic nitrogens is 2. The molecule has 1 saturated carbocycles. The third-order valence-electron chi connectivity index (χ3n) is 3.20. The molecule has 0 bridgehead atoms. The molecule has 0 atom stereocenters. The number of benzene rings is 1. The molecule has 1 fully saturated rings. The molecule has 1 aliphatic rings. The standard InChI is InChI=1S/C13H17N3/c1-8(2)16-12-6-5-10(14)7-11(12)15-13(16)9-3-4-9/h5-9H,3-4,14H2,1-2H3. The maximum atomic E-state index is 5.80. The molecule has 3 heteroatoms. The molecule has 3 rings (SSSR count). The van der Waals surface area contributed by atoms with Crippen molar-refractivity contribution in [1.29, 1.82) is 0 Å². The summed E-state index contributed by atoms with van der Waals surface area (Å²) in [6.07, 6.45) is 2.57. The van der Waals surface area contributed by atoms with Gasteiger partial charge in [-0.25, -0.2) is 4.98 Å². The van der Waals surface area contributed by atoms with Crippen LogP contribution in [0.1, 0.15) is 44.5 Å². The Morgan fingerprint density at radius 3 is 2.75 bits per heavy atom. The molecule has 0 amide bonds. The van der Waals surface area contributed by atoms with Gasteiger partial charge in [0, 0.05) is 17.6 Å². The largest absolute Gasteiger partial charge is 0.399 e. The topological polar surface area (TPSA) is 43.8 Å². The van der Waals surface area contributed by atoms with Crippen molar-refractivity contribution in [3.63, 3.8) is 0 Å². The summed E-state index contributed by atoms with van der Waals surface area (Å²) in [6.45, 7) is 4.42. The van der Waals surface area contributed by atoms with E-state index < -0.39 is 0 Å². The molecule has 1 heterocycles. The second-order valence-corrected chi connectivity index (χ2v) is 4.96. The summed E-state index contributed by atoms with van der Waals surface area (Å²) in [6, 6.07) is 6.48. The number of anilines is 1. The third-order valence-corrected chi connectivity index (χ3v) is 3.20. The van der Waals surface area contributed by atoms with E-state index in [1.54, 1.807) is 0 Å². The molecule has 0 unspecified atom stereocenters. The number of nitrogen functional groups attached to an aromatic ring is 1. The normalized spacial score (nSPS) is 16.2. The SMILES string of the molecule is CC(C)n1c(C2CC2)nc2cc(N)ccc21. The number of imidazole rings is 1. The highest BCUT2D eigenvalue weighted by Gasteiger charge is 2.30. The maximum Gasteiger partial charge on any atom is 0.113 e. The first-order chi connectivity index (χ1) is 7.66. The molecule has 2 aromatic rings. The van der Waals surface area contributed by atoms with Gasteiger partial charge in [-0.15, -0.1) is 0 Å². The maximum absolute atomic E-state index is 5.80. The Morgan fingerprint density at radius 1 is 1.38 bits per heavy atom. The van der Waals surface area contributed by atoms with E-state index in [-0.39, 0.29) is 0 Å². The summed E-state index contributed by atoms with van der Waals surface area (Å²) >= 11 is 0. The van der Waals surface area contributed by atoms with Gasteiger partial charge in [-0.3, -0.25) is 0 Å². The van der Waals surface area contributed by atoms with Gasteiger partial charge in [-0.1, -0.05) is 0 Å². The van der Waals surface area contributed by atoms with Crippen LogP contribution in [0.25, 0.3) is 11.0 Å². The van der Waals surface area contributed by atoms with Crippen LogP contribution in [0.15, 0.2) is 18.2 Å². The summed E-state index contributed by atoms with van der Waals surface area (Å²) in [7, 11) is 0. The van der Waals surface area contributed by atoms with Crippen LogP contribution in [-0.2, 0) is 0 Å². The van der Waals surface area contributed by atoms with Crippen molar-refractivity contribution < 1.29 is 0 Å². The van der Waals surface area contributed by atoms with Crippen molar-refractivity contribution in [1.82, 2.24) is 9.55 Å². The Hall–Kier alpha value is -1.51. The molecule has 0 spiro atoms. The van der Waals surface area contributed by atoms with Crippen molar-refractivity contribution in [3.05, 3.63) is 24.0 Å². The lowest BCUT2D eigenvalue weighted by Gasteiger charge is -2.12. The van der Waals surface area contributed by atoms with E-state index in [0.717, 1.165) is 11.2 Å². The first-order valence-electron chi connectivity index (χ1n) is 5.94. The minimum absolute atomic E-state index is 0.462. The van der Waals surface area contributed by atoms with Gasteiger partial charge in [-0.05, 0) is 44.9 Å². The molecular formula is C13H17N3. The molecule has 84 valence electrons. The number of fused-ring (bicyclic) bond motifs is 1. The Morgan fingerprint density at radius 2 is 2.12 bits per heavy atom. The molecule has 16 heavy (non-hydrogen) atoms. The number of hydrogen-bond donors (Lipinski definition) is 1. The Bertz CT molecular complexity index is 535. The van der Waals surface area contributed by atoms with Gasteiger partial charge in [0.05, 0.1) is 11.0 Å². The molecule has 1 aromatic carbocycles. The predicted molar refractivity (Wildman–Crippen MR) is 66.5 cm³/mol. The van der Waals surface area contributed by atoms with Crippen LogP contribution < -0.4 is 5.73 Å². The van der Waals surface area contributed by atoms with E-state index in [1.165, 1.54) is 24.2 Å². The first kappa shape index (κ1) is 9.70. The van der Waals surface area contributed by atoms with Crippen LogP contribution in [0.2, 0.25) is 0 Å². The summed E-state index contributed by atoms with van der Waals surface area (Å²) < 4.78 is 2.35. The van der Waals surface area contributed by atoms with Crippen LogP contribution >= 0.6 is 0 Å². The lowest BCUT2D eigenvalue weighted by atomic mass is 10.2. The van der Waals surface area contributed by atoms with Crippen LogP contribution in [0, 0.1) is 0 Å². The zero-order valence-corrected chi connectivity index (χ0v) is 9.77. The van der Waals surface area contributed by atoms with Gasteiger partial charge in [0.15, 0.2) is 0 Å². The predicted octanol–water partition coefficient (Wildman–Crippen LogP) is 3.08. The highest BCUT2D eigenvalue weighted by Crippen LogP contribution is 2.41. The van der Waals surface area contributed by atoms with Crippen molar-refractivity contribution in [3.8, 4) is 0 Å². The number of rotatable bonds is 2. The minimum atomic E-state index is 0.462. The number of nitrogens with two attached hydrogens (primary N) is 1. The summed E-state index contributed by atoms with van der Waals surface area (Å²) in [5.41, 5.74) is 8.85. The summed E-state index contributed by atoms with van der Waals surface area (Å²) in [5, 5.41) is 0. The Balaban J connectivity index is 2.28. The highest BCUT2D eigenvalue weighted by atomic mass is 15.1. The van der Waals surface area contributed by atoms with Crippen molar-refractivity contribution >= 4 is 16.7 Å². The summed E-state index contributed by atoms with van der Waals surface area (Å²) in [4.78, 5) is 4.74. The van der Waals surface area contributed by atoms with Gasteiger partial charge >= 0.3 is 0 Å². The van der Waals surface area contributed by atoms with Crippen molar-refractivity contribution in [2.45, 2.75) is 38.6 Å². The van der Waals surface area contributed by atoms with E-state index in [9.17, 15) is 0 Å². The van der Waals surface area contributed by atoms with Crippen LogP contribution in [0.3, 0.4) is 0 Å². The quantitative estimate of drug-likeness (QED) is 0.782. The summed E-state index contributed by atoms with van der Waals surface area (Å²) in [5.74, 6) is 1.92. The Labute approximate surface area is 95.3 Å². The van der Waals surface area contributed by atoms with E-state index >= 15 is 0 Å². The first-order valence-corrected chi connectivity index (χ1v) is 5.94. The zero-order chi connectivity index (χ0) is 11.3. The molecule has 1 aromatic heterocycles. The zero-order valence-electron chi connectivity index (χ0n) is 9.77. The van der Waals surface area contributed by atoms with E-state index in [1.807, 2.05) is 12.1 Å². The van der Waals surface area contributed by atoms with E-state index in [2.05, 4.69) is 24.5 Å².